The lowest BCUT2D eigenvalue weighted by molar-refractivity contribution is 0.0932. The summed E-state index contributed by atoms with van der Waals surface area (Å²) < 4.78 is 31.1. The maximum atomic E-state index is 14.1. The standard InChI is InChI=1S/C22H18FN3O4/c23-15-8-14-9-16(30-20(14)17(11-15)21-24-4-1-5-25-21)12-26-22(27)13-2-3-18-19(10-13)29-7-6-28-18/h1-5,8,10-11,16H,6-7,9,12H2,(H,26,27). The topological polar surface area (TPSA) is 82.6 Å². The number of rotatable bonds is 4. The molecule has 2 aromatic carbocycles. The number of fused-ring (bicyclic) bond motifs is 2. The molecule has 1 aromatic heterocycles. The zero-order valence-electron chi connectivity index (χ0n) is 15.9. The second kappa shape index (κ2) is 7.62. The van der Waals surface area contributed by atoms with Gasteiger partial charge in [-0.3, -0.25) is 4.79 Å². The minimum absolute atomic E-state index is 0.246. The predicted molar refractivity (Wildman–Crippen MR) is 105 cm³/mol. The lowest BCUT2D eigenvalue weighted by Crippen LogP contribution is -2.34. The summed E-state index contributed by atoms with van der Waals surface area (Å²) in [6.07, 6.45) is 3.36. The molecule has 0 spiro atoms. The number of amides is 1. The molecule has 0 saturated carbocycles. The molecule has 7 nitrogen and oxygen atoms in total. The van der Waals surface area contributed by atoms with Crippen molar-refractivity contribution in [1.29, 1.82) is 0 Å². The molecule has 152 valence electrons. The Morgan fingerprint density at radius 1 is 1.10 bits per heavy atom. The third-order valence-corrected chi connectivity index (χ3v) is 4.96. The number of carbonyl (C=O) groups excluding carboxylic acids is 1. The monoisotopic (exact) mass is 407 g/mol. The van der Waals surface area contributed by atoms with Gasteiger partial charge in [-0.1, -0.05) is 0 Å². The third kappa shape index (κ3) is 3.52. The number of hydrogen-bond donors (Lipinski definition) is 1. The third-order valence-electron chi connectivity index (χ3n) is 4.96. The van der Waals surface area contributed by atoms with E-state index in [2.05, 4.69) is 15.3 Å². The first-order valence-corrected chi connectivity index (χ1v) is 9.62. The van der Waals surface area contributed by atoms with Crippen LogP contribution in [0.3, 0.4) is 0 Å². The van der Waals surface area contributed by atoms with Gasteiger partial charge in [-0.2, -0.15) is 0 Å². The van der Waals surface area contributed by atoms with Gasteiger partial charge in [0.25, 0.3) is 5.91 Å². The van der Waals surface area contributed by atoms with Crippen LogP contribution in [0.25, 0.3) is 11.4 Å². The number of benzene rings is 2. The minimum atomic E-state index is -0.374. The number of nitrogens with one attached hydrogen (secondary N) is 1. The summed E-state index contributed by atoms with van der Waals surface area (Å²) in [5.41, 5.74) is 1.71. The van der Waals surface area contributed by atoms with E-state index >= 15 is 0 Å². The van der Waals surface area contributed by atoms with Crippen LogP contribution in [-0.4, -0.2) is 41.7 Å². The fraction of sp³-hybridized carbons (Fsp3) is 0.227. The summed E-state index contributed by atoms with van der Waals surface area (Å²) in [4.78, 5) is 20.9. The van der Waals surface area contributed by atoms with Gasteiger partial charge in [0.2, 0.25) is 0 Å². The zero-order chi connectivity index (χ0) is 20.5. The Bertz CT molecular complexity index is 1110. The van der Waals surface area contributed by atoms with Crippen molar-refractivity contribution in [3.05, 3.63) is 65.7 Å². The van der Waals surface area contributed by atoms with Crippen LogP contribution >= 0.6 is 0 Å². The van der Waals surface area contributed by atoms with E-state index in [0.29, 0.717) is 53.8 Å². The Kier molecular flexibility index (Phi) is 4.66. The lowest BCUT2D eigenvalue weighted by atomic mass is 10.1. The molecule has 0 aliphatic carbocycles. The predicted octanol–water partition coefficient (Wildman–Crippen LogP) is 2.79. The molecule has 2 aliphatic rings. The molecule has 5 rings (SSSR count). The number of carbonyl (C=O) groups is 1. The van der Waals surface area contributed by atoms with Crippen LogP contribution in [0.1, 0.15) is 15.9 Å². The molecule has 1 atom stereocenters. The van der Waals surface area contributed by atoms with Gasteiger partial charge in [-0.15, -0.1) is 0 Å². The second-order valence-electron chi connectivity index (χ2n) is 7.03. The van der Waals surface area contributed by atoms with Crippen LogP contribution in [0.2, 0.25) is 0 Å². The van der Waals surface area contributed by atoms with E-state index in [4.69, 9.17) is 14.2 Å². The Morgan fingerprint density at radius 2 is 1.90 bits per heavy atom. The summed E-state index contributed by atoms with van der Waals surface area (Å²) in [5.74, 6) is 1.52. The van der Waals surface area contributed by atoms with E-state index in [1.807, 2.05) is 0 Å². The van der Waals surface area contributed by atoms with Crippen molar-refractivity contribution in [2.24, 2.45) is 0 Å². The van der Waals surface area contributed by atoms with Crippen molar-refractivity contribution in [2.75, 3.05) is 19.8 Å². The average Bonchev–Trinajstić information content (AvgIpc) is 3.20. The molecule has 3 heterocycles. The van der Waals surface area contributed by atoms with E-state index in [-0.39, 0.29) is 24.4 Å². The summed E-state index contributed by atoms with van der Waals surface area (Å²) in [6.45, 7) is 1.23. The smallest absolute Gasteiger partial charge is 0.251 e. The first-order valence-electron chi connectivity index (χ1n) is 9.62. The summed E-state index contributed by atoms with van der Waals surface area (Å²) in [7, 11) is 0. The van der Waals surface area contributed by atoms with E-state index in [1.165, 1.54) is 12.1 Å². The Balaban J connectivity index is 1.28. The Morgan fingerprint density at radius 3 is 2.73 bits per heavy atom. The number of aromatic nitrogens is 2. The Hall–Kier alpha value is -3.68. The second-order valence-corrected chi connectivity index (χ2v) is 7.03. The molecule has 1 amide bonds. The van der Waals surface area contributed by atoms with Crippen molar-refractivity contribution in [3.63, 3.8) is 0 Å². The van der Waals surface area contributed by atoms with Crippen molar-refractivity contribution in [3.8, 4) is 28.6 Å². The maximum absolute atomic E-state index is 14.1. The lowest BCUT2D eigenvalue weighted by Gasteiger charge is -2.19. The van der Waals surface area contributed by atoms with Crippen molar-refractivity contribution < 1.29 is 23.4 Å². The summed E-state index contributed by atoms with van der Waals surface area (Å²) in [5, 5.41) is 2.87. The molecule has 30 heavy (non-hydrogen) atoms. The van der Waals surface area contributed by atoms with Gasteiger partial charge in [0.15, 0.2) is 17.3 Å². The highest BCUT2D eigenvalue weighted by Crippen LogP contribution is 2.38. The van der Waals surface area contributed by atoms with E-state index in [1.54, 1.807) is 36.7 Å². The van der Waals surface area contributed by atoms with Gasteiger partial charge in [0.05, 0.1) is 12.1 Å². The first kappa shape index (κ1) is 18.4. The minimum Gasteiger partial charge on any atom is -0.487 e. The molecule has 8 heteroatoms. The summed E-state index contributed by atoms with van der Waals surface area (Å²) in [6, 6.07) is 9.58. The van der Waals surface area contributed by atoms with Crippen molar-refractivity contribution in [1.82, 2.24) is 15.3 Å². The normalized spacial score (nSPS) is 16.5. The molecule has 3 aromatic rings. The van der Waals surface area contributed by atoms with E-state index < -0.39 is 0 Å². The highest BCUT2D eigenvalue weighted by atomic mass is 19.1. The largest absolute Gasteiger partial charge is 0.487 e. The van der Waals surface area contributed by atoms with Crippen molar-refractivity contribution in [2.45, 2.75) is 12.5 Å². The van der Waals surface area contributed by atoms with Crippen LogP contribution in [0.15, 0.2) is 48.8 Å². The molecule has 0 fully saturated rings. The average molecular weight is 407 g/mol. The van der Waals surface area contributed by atoms with Gasteiger partial charge < -0.3 is 19.5 Å². The van der Waals surface area contributed by atoms with Crippen molar-refractivity contribution >= 4 is 5.91 Å². The van der Waals surface area contributed by atoms with Gasteiger partial charge in [-0.25, -0.2) is 14.4 Å². The fourth-order valence-electron chi connectivity index (χ4n) is 3.61. The molecule has 0 saturated heterocycles. The molecular formula is C22H18FN3O4. The highest BCUT2D eigenvalue weighted by molar-refractivity contribution is 5.95. The summed E-state index contributed by atoms with van der Waals surface area (Å²) >= 11 is 0. The van der Waals surface area contributed by atoms with Crippen LogP contribution in [0.5, 0.6) is 17.2 Å². The van der Waals surface area contributed by atoms with E-state index in [9.17, 15) is 9.18 Å². The zero-order valence-corrected chi connectivity index (χ0v) is 15.9. The molecular weight excluding hydrogens is 389 g/mol. The number of nitrogens with zero attached hydrogens (tertiary/aromatic N) is 2. The first-order chi connectivity index (χ1) is 14.7. The van der Waals surface area contributed by atoms with Gasteiger partial charge in [0, 0.05) is 29.9 Å². The van der Waals surface area contributed by atoms with Gasteiger partial charge >= 0.3 is 0 Å². The van der Waals surface area contributed by atoms with Crippen LogP contribution in [-0.2, 0) is 6.42 Å². The molecule has 0 bridgehead atoms. The highest BCUT2D eigenvalue weighted by Gasteiger charge is 2.28. The van der Waals surface area contributed by atoms with Gasteiger partial charge in [0.1, 0.15) is 30.9 Å². The quantitative estimate of drug-likeness (QED) is 0.716. The number of halogens is 1. The van der Waals surface area contributed by atoms with Crippen LogP contribution in [0.4, 0.5) is 4.39 Å². The SMILES string of the molecule is O=C(NCC1Cc2cc(F)cc(-c3ncccn3)c2O1)c1ccc2c(c1)OCCO2. The number of hydrogen-bond acceptors (Lipinski definition) is 6. The molecule has 2 aliphatic heterocycles. The van der Waals surface area contributed by atoms with Crippen LogP contribution < -0.4 is 19.5 Å². The number of ether oxygens (including phenoxy) is 3. The van der Waals surface area contributed by atoms with Gasteiger partial charge in [-0.05, 0) is 36.4 Å². The van der Waals surface area contributed by atoms with Crippen LogP contribution in [0, 0.1) is 5.82 Å². The Labute approximate surface area is 171 Å². The molecule has 1 unspecified atom stereocenters. The van der Waals surface area contributed by atoms with E-state index in [0.717, 1.165) is 5.56 Å². The molecule has 1 N–H and O–H groups in total. The molecule has 0 radical (unpaired) electrons. The maximum Gasteiger partial charge on any atom is 0.251 e. The fourth-order valence-corrected chi connectivity index (χ4v) is 3.61.